The molecule has 126 valence electrons. The molecule has 1 fully saturated rings. The number of hydrogen-bond acceptors (Lipinski definition) is 5. The largest absolute Gasteiger partial charge is 0.469 e. The average molecular weight is 328 g/mol. The smallest absolute Gasteiger partial charge is 0.374 e. The first-order valence-electron chi connectivity index (χ1n) is 8.01. The van der Waals surface area contributed by atoms with Crippen molar-refractivity contribution in [2.45, 2.75) is 12.3 Å². The van der Waals surface area contributed by atoms with E-state index in [9.17, 15) is 14.4 Å². The third-order valence-electron chi connectivity index (χ3n) is 5.21. The molecule has 1 aromatic carbocycles. The molecule has 0 aromatic heterocycles. The van der Waals surface area contributed by atoms with Crippen LogP contribution < -0.4 is 0 Å². The van der Waals surface area contributed by atoms with Crippen LogP contribution in [-0.2, 0) is 23.9 Å². The van der Waals surface area contributed by atoms with Crippen LogP contribution in [0.15, 0.2) is 42.5 Å². The van der Waals surface area contributed by atoms with Gasteiger partial charge in [-0.05, 0) is 29.7 Å². The Labute approximate surface area is 140 Å². The van der Waals surface area contributed by atoms with Gasteiger partial charge in [0.05, 0.1) is 20.1 Å². The third-order valence-corrected chi connectivity index (χ3v) is 5.21. The number of carbonyl (C=O) groups excluding carboxylic acids is 3. The molecule has 0 unspecified atom stereocenters. The van der Waals surface area contributed by atoms with Crippen molar-refractivity contribution in [2.75, 3.05) is 14.2 Å². The summed E-state index contributed by atoms with van der Waals surface area (Å²) in [5.41, 5.74) is 0.804. The van der Waals surface area contributed by atoms with Crippen LogP contribution in [0.1, 0.15) is 17.9 Å². The van der Waals surface area contributed by atoms with Gasteiger partial charge in [0, 0.05) is 5.92 Å². The number of rotatable bonds is 5. The van der Waals surface area contributed by atoms with Crippen LogP contribution in [0.25, 0.3) is 0 Å². The van der Waals surface area contributed by atoms with E-state index in [0.717, 1.165) is 12.0 Å². The number of hydrogen-bond donors (Lipinski definition) is 0. The minimum absolute atomic E-state index is 0.0255. The molecule has 2 bridgehead atoms. The first-order chi connectivity index (χ1) is 11.6. The van der Waals surface area contributed by atoms with Gasteiger partial charge in [-0.2, -0.15) is 0 Å². The lowest BCUT2D eigenvalue weighted by molar-refractivity contribution is -0.156. The average Bonchev–Trinajstić information content (AvgIpc) is 3.23. The Hall–Kier alpha value is -2.43. The molecular formula is C19H20O5. The molecule has 5 nitrogen and oxygen atoms in total. The number of methoxy groups -OCH3 is 2. The summed E-state index contributed by atoms with van der Waals surface area (Å²) >= 11 is 0. The van der Waals surface area contributed by atoms with Gasteiger partial charge in [-0.15, -0.1) is 0 Å². The Morgan fingerprint density at radius 3 is 2.29 bits per heavy atom. The van der Waals surface area contributed by atoms with Crippen molar-refractivity contribution in [3.63, 3.8) is 0 Å². The summed E-state index contributed by atoms with van der Waals surface area (Å²) in [4.78, 5) is 36.9. The highest BCUT2D eigenvalue weighted by Crippen LogP contribution is 2.54. The van der Waals surface area contributed by atoms with Crippen LogP contribution in [0, 0.1) is 23.7 Å². The minimum atomic E-state index is -0.845. The molecule has 24 heavy (non-hydrogen) atoms. The predicted molar refractivity (Wildman–Crippen MR) is 85.9 cm³/mol. The third kappa shape index (κ3) is 2.64. The normalized spacial score (nSPS) is 28.4. The molecule has 0 heterocycles. The van der Waals surface area contributed by atoms with Gasteiger partial charge < -0.3 is 9.47 Å². The zero-order chi connectivity index (χ0) is 17.3. The van der Waals surface area contributed by atoms with Gasteiger partial charge in [-0.1, -0.05) is 42.5 Å². The number of ether oxygens (including phenoxy) is 2. The maximum absolute atomic E-state index is 12.6. The number of ketones is 1. The van der Waals surface area contributed by atoms with Crippen LogP contribution in [0.2, 0.25) is 0 Å². The molecule has 0 spiro atoms. The Morgan fingerprint density at radius 2 is 1.67 bits per heavy atom. The summed E-state index contributed by atoms with van der Waals surface area (Å²) in [7, 11) is 2.55. The Morgan fingerprint density at radius 1 is 1.00 bits per heavy atom. The number of esters is 2. The lowest BCUT2D eigenvalue weighted by Crippen LogP contribution is -2.38. The van der Waals surface area contributed by atoms with E-state index in [0.29, 0.717) is 0 Å². The van der Waals surface area contributed by atoms with Gasteiger partial charge in [-0.3, -0.25) is 9.59 Å². The Bertz CT molecular complexity index is 678. The van der Waals surface area contributed by atoms with Crippen molar-refractivity contribution in [3.8, 4) is 0 Å². The van der Waals surface area contributed by atoms with Crippen LogP contribution in [0.5, 0.6) is 0 Å². The molecule has 5 atom stereocenters. The van der Waals surface area contributed by atoms with Gasteiger partial charge >= 0.3 is 11.9 Å². The first kappa shape index (κ1) is 16.4. The molecule has 2 aliphatic rings. The van der Waals surface area contributed by atoms with Crippen molar-refractivity contribution in [2.24, 2.45) is 23.7 Å². The molecule has 5 heteroatoms. The lowest BCUT2D eigenvalue weighted by Gasteiger charge is -2.32. The zero-order valence-corrected chi connectivity index (χ0v) is 13.7. The molecule has 0 amide bonds. The van der Waals surface area contributed by atoms with E-state index in [1.807, 2.05) is 36.4 Å². The van der Waals surface area contributed by atoms with E-state index in [4.69, 9.17) is 4.74 Å². The summed E-state index contributed by atoms with van der Waals surface area (Å²) in [6.07, 6.45) is 4.81. The highest BCUT2D eigenvalue weighted by molar-refractivity contribution is 6.34. The van der Waals surface area contributed by atoms with Crippen molar-refractivity contribution >= 4 is 17.7 Å². The summed E-state index contributed by atoms with van der Waals surface area (Å²) < 4.78 is 9.64. The van der Waals surface area contributed by atoms with Crippen LogP contribution in [-0.4, -0.2) is 31.9 Å². The molecule has 0 aliphatic heterocycles. The number of carbonyl (C=O) groups is 3. The quantitative estimate of drug-likeness (QED) is 0.470. The van der Waals surface area contributed by atoms with E-state index in [1.165, 1.54) is 14.2 Å². The molecular weight excluding hydrogens is 308 g/mol. The fraction of sp³-hybridized carbons (Fsp3) is 0.421. The fourth-order valence-corrected chi connectivity index (χ4v) is 4.22. The van der Waals surface area contributed by atoms with E-state index < -0.39 is 23.6 Å². The monoisotopic (exact) mass is 328 g/mol. The molecule has 2 aliphatic carbocycles. The number of fused-ring (bicyclic) bond motifs is 2. The maximum Gasteiger partial charge on any atom is 0.374 e. The zero-order valence-electron chi connectivity index (χ0n) is 13.7. The van der Waals surface area contributed by atoms with Crippen LogP contribution in [0.4, 0.5) is 0 Å². The molecule has 1 saturated carbocycles. The second-order valence-corrected chi connectivity index (χ2v) is 6.32. The molecule has 0 radical (unpaired) electrons. The summed E-state index contributed by atoms with van der Waals surface area (Å²) in [6.45, 7) is 0. The number of allylic oxidation sites excluding steroid dienone is 2. The van der Waals surface area contributed by atoms with E-state index in [2.05, 4.69) is 10.8 Å². The number of Topliss-reactive ketones (excluding diaryl/α,β-unsaturated/α-hetero) is 1. The van der Waals surface area contributed by atoms with Gasteiger partial charge in [0.2, 0.25) is 5.78 Å². The van der Waals surface area contributed by atoms with Crippen molar-refractivity contribution < 1.29 is 23.9 Å². The number of benzene rings is 1. The van der Waals surface area contributed by atoms with Crippen molar-refractivity contribution in [1.82, 2.24) is 0 Å². The van der Waals surface area contributed by atoms with Crippen LogP contribution in [0.3, 0.4) is 0 Å². The van der Waals surface area contributed by atoms with Gasteiger partial charge in [-0.25, -0.2) is 4.79 Å². The van der Waals surface area contributed by atoms with E-state index in [-0.39, 0.29) is 23.7 Å². The topological polar surface area (TPSA) is 69.7 Å². The molecule has 0 saturated heterocycles. The predicted octanol–water partition coefficient (Wildman–Crippen LogP) is 2.12. The first-order valence-corrected chi connectivity index (χ1v) is 8.01. The second-order valence-electron chi connectivity index (χ2n) is 6.32. The maximum atomic E-state index is 12.6. The summed E-state index contributed by atoms with van der Waals surface area (Å²) in [5.74, 6) is -3.13. The second kappa shape index (κ2) is 6.59. The van der Waals surface area contributed by atoms with Gasteiger partial charge in [0.25, 0.3) is 0 Å². The van der Waals surface area contributed by atoms with Gasteiger partial charge in [0.1, 0.15) is 0 Å². The summed E-state index contributed by atoms with van der Waals surface area (Å²) in [5, 5.41) is 0. The van der Waals surface area contributed by atoms with E-state index in [1.54, 1.807) is 0 Å². The lowest BCUT2D eigenvalue weighted by atomic mass is 9.71. The van der Waals surface area contributed by atoms with E-state index >= 15 is 0 Å². The standard InChI is InChI=1S/C19H20O5/c1-23-18(21)16(11-6-4-3-5-7-11)14-12-8-9-13(10-12)15(14)17(20)19(22)24-2/h3-9,12-16H,10H2,1-2H3/t12-,13+,14-,15-,16+/m1/s1. The molecule has 0 N–H and O–H groups in total. The molecule has 1 aromatic rings. The van der Waals surface area contributed by atoms with Gasteiger partial charge in [0.15, 0.2) is 0 Å². The summed E-state index contributed by atoms with van der Waals surface area (Å²) in [6, 6.07) is 9.29. The van der Waals surface area contributed by atoms with Crippen LogP contribution >= 0.6 is 0 Å². The van der Waals surface area contributed by atoms with Crippen molar-refractivity contribution in [1.29, 1.82) is 0 Å². The molecule has 3 rings (SSSR count). The van der Waals surface area contributed by atoms with Crippen molar-refractivity contribution in [3.05, 3.63) is 48.0 Å². The Balaban J connectivity index is 2.02. The highest BCUT2D eigenvalue weighted by atomic mass is 16.5. The Kier molecular flexibility index (Phi) is 4.51. The SMILES string of the molecule is COC(=O)C(=O)[C@H]1[C@H]([C@@H](C(=O)OC)c2ccccc2)[C@@H]2C=C[C@H]1C2. The highest BCUT2D eigenvalue weighted by Gasteiger charge is 2.54. The minimum Gasteiger partial charge on any atom is -0.469 e. The fourth-order valence-electron chi connectivity index (χ4n) is 4.22.